The second-order valence-electron chi connectivity index (χ2n) is 4.58. The first kappa shape index (κ1) is 15.4. The number of aliphatic hydroxyl groups excluding tert-OH is 1. The minimum atomic E-state index is -0.355. The van der Waals surface area contributed by atoms with Crippen molar-refractivity contribution < 1.29 is 14.2 Å². The highest BCUT2D eigenvalue weighted by atomic mass is 32.1. The Morgan fingerprint density at radius 2 is 1.90 bits per heavy atom. The lowest BCUT2D eigenvalue weighted by Gasteiger charge is -2.09. The van der Waals surface area contributed by atoms with Gasteiger partial charge in [-0.1, -0.05) is 24.4 Å². The van der Waals surface area contributed by atoms with E-state index < -0.39 is 0 Å². The molecule has 0 heterocycles. The van der Waals surface area contributed by atoms with Gasteiger partial charge in [0.15, 0.2) is 0 Å². The molecule has 110 valence electrons. The number of aliphatic hydroxyl groups is 1. The van der Waals surface area contributed by atoms with E-state index in [2.05, 4.69) is 0 Å². The van der Waals surface area contributed by atoms with Crippen LogP contribution in [0.1, 0.15) is 16.7 Å². The number of ether oxygens (including phenoxy) is 1. The third-order valence-electron chi connectivity index (χ3n) is 3.05. The normalized spacial score (nSPS) is 10.4. The maximum atomic E-state index is 13.7. The van der Waals surface area contributed by atoms with Crippen molar-refractivity contribution >= 4 is 17.2 Å². The second kappa shape index (κ2) is 7.15. The van der Waals surface area contributed by atoms with E-state index in [-0.39, 0.29) is 24.0 Å². The van der Waals surface area contributed by atoms with Crippen LogP contribution in [0, 0.1) is 5.82 Å². The van der Waals surface area contributed by atoms with Gasteiger partial charge in [0.25, 0.3) is 0 Å². The van der Waals surface area contributed by atoms with Gasteiger partial charge < -0.3 is 15.6 Å². The average Bonchev–Trinajstić information content (AvgIpc) is 2.48. The molecule has 0 unspecified atom stereocenters. The smallest absolute Gasteiger partial charge is 0.129 e. The van der Waals surface area contributed by atoms with Gasteiger partial charge in [-0.3, -0.25) is 0 Å². The maximum absolute atomic E-state index is 13.7. The molecule has 5 heteroatoms. The Morgan fingerprint density at radius 3 is 2.52 bits per heavy atom. The third-order valence-corrected chi connectivity index (χ3v) is 3.28. The highest BCUT2D eigenvalue weighted by Crippen LogP contribution is 2.17. The van der Waals surface area contributed by atoms with Crippen molar-refractivity contribution in [3.8, 4) is 5.75 Å². The van der Waals surface area contributed by atoms with Gasteiger partial charge in [-0.05, 0) is 42.3 Å². The second-order valence-corrected chi connectivity index (χ2v) is 5.02. The summed E-state index contributed by atoms with van der Waals surface area (Å²) in [7, 11) is 0. The van der Waals surface area contributed by atoms with Gasteiger partial charge in [-0.25, -0.2) is 4.39 Å². The van der Waals surface area contributed by atoms with E-state index in [1.807, 2.05) is 12.1 Å². The fraction of sp³-hybridized carbons (Fsp3) is 0.188. The first-order valence-electron chi connectivity index (χ1n) is 6.51. The number of hydrogen-bond donors (Lipinski definition) is 2. The van der Waals surface area contributed by atoms with Gasteiger partial charge in [0.2, 0.25) is 0 Å². The summed E-state index contributed by atoms with van der Waals surface area (Å²) in [5.74, 6) is 0.281. The molecule has 0 saturated heterocycles. The van der Waals surface area contributed by atoms with E-state index in [0.717, 1.165) is 5.56 Å². The SMILES string of the molecule is NC(=S)c1ccc(F)c(COc2ccc(CCO)cc2)c1. The number of hydrogen-bond acceptors (Lipinski definition) is 3. The Kier molecular flexibility index (Phi) is 5.25. The summed E-state index contributed by atoms with van der Waals surface area (Å²) in [5, 5.41) is 8.85. The number of nitrogens with two attached hydrogens (primary N) is 1. The molecule has 3 N–H and O–H groups in total. The van der Waals surface area contributed by atoms with Crippen LogP contribution in [-0.4, -0.2) is 16.7 Å². The summed E-state index contributed by atoms with van der Waals surface area (Å²) in [6, 6.07) is 11.8. The standard InChI is InChI=1S/C16H16FNO2S/c17-15-6-3-12(16(18)21)9-13(15)10-20-14-4-1-11(2-5-14)7-8-19/h1-6,9,19H,7-8,10H2,(H2,18,21). The molecule has 0 aromatic heterocycles. The summed E-state index contributed by atoms with van der Waals surface area (Å²) >= 11 is 4.88. The van der Waals surface area contributed by atoms with Gasteiger partial charge in [0, 0.05) is 17.7 Å². The molecular formula is C16H16FNO2S. The average molecular weight is 305 g/mol. The Labute approximate surface area is 128 Å². The van der Waals surface area contributed by atoms with E-state index in [1.165, 1.54) is 6.07 Å². The minimum absolute atomic E-state index is 0.0988. The summed E-state index contributed by atoms with van der Waals surface area (Å²) < 4.78 is 19.3. The molecule has 2 rings (SSSR count). The molecule has 0 radical (unpaired) electrons. The van der Waals surface area contributed by atoms with Crippen LogP contribution < -0.4 is 10.5 Å². The molecule has 2 aromatic carbocycles. The zero-order valence-corrected chi connectivity index (χ0v) is 12.2. The Bertz CT molecular complexity index is 629. The molecule has 0 atom stereocenters. The Balaban J connectivity index is 2.05. The van der Waals surface area contributed by atoms with Crippen molar-refractivity contribution in [1.82, 2.24) is 0 Å². The monoisotopic (exact) mass is 305 g/mol. The van der Waals surface area contributed by atoms with Gasteiger partial charge in [-0.2, -0.15) is 0 Å². The van der Waals surface area contributed by atoms with E-state index in [0.29, 0.717) is 23.3 Å². The predicted octanol–water partition coefficient (Wildman–Crippen LogP) is 2.57. The lowest BCUT2D eigenvalue weighted by atomic mass is 10.1. The largest absolute Gasteiger partial charge is 0.489 e. The number of benzene rings is 2. The van der Waals surface area contributed by atoms with Crippen LogP contribution in [0.2, 0.25) is 0 Å². The summed E-state index contributed by atoms with van der Waals surface area (Å²) in [6.45, 7) is 0.207. The van der Waals surface area contributed by atoms with E-state index in [9.17, 15) is 4.39 Å². The van der Waals surface area contributed by atoms with Crippen LogP contribution in [0.4, 0.5) is 4.39 Å². The zero-order chi connectivity index (χ0) is 15.2. The van der Waals surface area contributed by atoms with Crippen molar-refractivity contribution in [2.45, 2.75) is 13.0 Å². The predicted molar refractivity (Wildman–Crippen MR) is 83.9 cm³/mol. The topological polar surface area (TPSA) is 55.5 Å². The van der Waals surface area contributed by atoms with Gasteiger partial charge in [-0.15, -0.1) is 0 Å². The fourth-order valence-corrected chi connectivity index (χ4v) is 2.01. The lowest BCUT2D eigenvalue weighted by Crippen LogP contribution is -2.10. The molecule has 3 nitrogen and oxygen atoms in total. The Hall–Kier alpha value is -1.98. The molecule has 0 bridgehead atoms. The quantitative estimate of drug-likeness (QED) is 0.805. The number of rotatable bonds is 6. The third kappa shape index (κ3) is 4.24. The van der Waals surface area contributed by atoms with Gasteiger partial charge in [0.05, 0.1) is 0 Å². The summed E-state index contributed by atoms with van der Waals surface area (Å²) in [4.78, 5) is 0.226. The van der Waals surface area contributed by atoms with Crippen molar-refractivity contribution in [3.63, 3.8) is 0 Å². The van der Waals surface area contributed by atoms with Gasteiger partial charge in [0.1, 0.15) is 23.2 Å². The van der Waals surface area contributed by atoms with Crippen LogP contribution in [0.3, 0.4) is 0 Å². The number of halogens is 1. The molecular weight excluding hydrogens is 289 g/mol. The van der Waals surface area contributed by atoms with E-state index >= 15 is 0 Å². The molecule has 2 aromatic rings. The Morgan fingerprint density at radius 1 is 1.19 bits per heavy atom. The fourth-order valence-electron chi connectivity index (χ4n) is 1.88. The molecule has 0 fully saturated rings. The van der Waals surface area contributed by atoms with Crippen molar-refractivity contribution in [3.05, 3.63) is 65.0 Å². The number of thiocarbonyl (C=S) groups is 1. The van der Waals surface area contributed by atoms with Crippen molar-refractivity contribution in [2.24, 2.45) is 5.73 Å². The molecule has 0 amide bonds. The van der Waals surface area contributed by atoms with Crippen molar-refractivity contribution in [1.29, 1.82) is 0 Å². The minimum Gasteiger partial charge on any atom is -0.489 e. The first-order chi connectivity index (χ1) is 10.1. The maximum Gasteiger partial charge on any atom is 0.129 e. The molecule has 0 aliphatic heterocycles. The van der Waals surface area contributed by atoms with Gasteiger partial charge >= 0.3 is 0 Å². The summed E-state index contributed by atoms with van der Waals surface area (Å²) in [6.07, 6.45) is 0.602. The van der Waals surface area contributed by atoms with Crippen LogP contribution in [0.15, 0.2) is 42.5 Å². The molecule has 21 heavy (non-hydrogen) atoms. The van der Waals surface area contributed by atoms with Crippen molar-refractivity contribution in [2.75, 3.05) is 6.61 Å². The van der Waals surface area contributed by atoms with E-state index in [4.69, 9.17) is 27.8 Å². The molecule has 0 aliphatic rings. The van der Waals surface area contributed by atoms with Crippen LogP contribution >= 0.6 is 12.2 Å². The molecule has 0 saturated carbocycles. The highest BCUT2D eigenvalue weighted by Gasteiger charge is 2.06. The van der Waals surface area contributed by atoms with Crippen LogP contribution in [0.25, 0.3) is 0 Å². The lowest BCUT2D eigenvalue weighted by molar-refractivity contribution is 0.296. The van der Waals surface area contributed by atoms with Crippen LogP contribution in [0.5, 0.6) is 5.75 Å². The zero-order valence-electron chi connectivity index (χ0n) is 11.4. The highest BCUT2D eigenvalue weighted by molar-refractivity contribution is 7.80. The first-order valence-corrected chi connectivity index (χ1v) is 6.92. The van der Waals surface area contributed by atoms with Crippen LogP contribution in [-0.2, 0) is 13.0 Å². The van der Waals surface area contributed by atoms with E-state index in [1.54, 1.807) is 24.3 Å². The summed E-state index contributed by atoms with van der Waals surface area (Å²) in [5.41, 5.74) is 7.57. The molecule has 0 aliphatic carbocycles. The molecule has 0 spiro atoms.